The molecular formula is C8H14N2S. The number of nitrogens with zero attached hydrogens (tertiary/aromatic N) is 1. The molecule has 1 aromatic heterocycles. The third-order valence-corrected chi connectivity index (χ3v) is 3.00. The molecule has 2 nitrogen and oxygen atoms in total. The highest BCUT2D eigenvalue weighted by atomic mass is 32.2. The van der Waals surface area contributed by atoms with E-state index in [1.54, 1.807) is 0 Å². The molecule has 1 rings (SSSR count). The van der Waals surface area contributed by atoms with Crippen molar-refractivity contribution >= 4 is 16.7 Å². The Balaban J connectivity index is 3.09. The minimum Gasteiger partial charge on any atom is -0.384 e. The maximum atomic E-state index is 5.52. The van der Waals surface area contributed by atoms with E-state index < -0.39 is 0 Å². The molecule has 0 spiro atoms. The van der Waals surface area contributed by atoms with E-state index in [2.05, 4.69) is 23.6 Å². The van der Waals surface area contributed by atoms with E-state index >= 15 is 0 Å². The predicted octanol–water partition coefficient (Wildman–Crippen LogP) is 1.59. The molecule has 0 fully saturated rings. The molecule has 11 heavy (non-hydrogen) atoms. The van der Waals surface area contributed by atoms with Crippen LogP contribution in [0.4, 0.5) is 5.82 Å². The first-order valence-electron chi connectivity index (χ1n) is 3.51. The van der Waals surface area contributed by atoms with Gasteiger partial charge in [-0.1, -0.05) is 0 Å². The zero-order valence-electron chi connectivity index (χ0n) is 7.13. The summed E-state index contributed by atoms with van der Waals surface area (Å²) in [4.78, 5) is 5.53. The number of nitrogens with two attached hydrogens (primary N) is 1. The molecule has 0 amide bonds. The summed E-state index contributed by atoms with van der Waals surface area (Å²) < 4.78 is 0. The number of rotatable bonds is 1. The molecule has 1 heterocycles. The molecule has 1 aromatic rings. The lowest BCUT2D eigenvalue weighted by atomic mass is 10.4. The molecule has 0 aliphatic rings. The van der Waals surface area contributed by atoms with Crippen LogP contribution in [0.3, 0.4) is 0 Å². The molecule has 62 valence electrons. The third-order valence-electron chi connectivity index (χ3n) is 1.56. The smallest absolute Gasteiger partial charge is 0.123 e. The van der Waals surface area contributed by atoms with E-state index in [4.69, 9.17) is 5.73 Å². The van der Waals surface area contributed by atoms with Crippen LogP contribution in [0, 0.1) is 6.92 Å². The molecule has 2 N–H and O–H groups in total. The molecule has 0 unspecified atom stereocenters. The van der Waals surface area contributed by atoms with Gasteiger partial charge in [-0.15, -0.1) is 0 Å². The fourth-order valence-electron chi connectivity index (χ4n) is 1.05. The second kappa shape index (κ2) is 3.13. The number of aryl methyl sites for hydroxylation is 1. The average molecular weight is 170 g/mol. The Morgan fingerprint density at radius 2 is 2.00 bits per heavy atom. The topological polar surface area (TPSA) is 38.9 Å². The molecule has 0 saturated carbocycles. The van der Waals surface area contributed by atoms with Gasteiger partial charge in [0.1, 0.15) is 5.82 Å². The maximum Gasteiger partial charge on any atom is 0.123 e. The van der Waals surface area contributed by atoms with Crippen molar-refractivity contribution in [3.8, 4) is 0 Å². The SMILES string of the molecule is Cc1nc(N)ccc1[SH](C)C. The van der Waals surface area contributed by atoms with Gasteiger partial charge in [0.2, 0.25) is 0 Å². The Labute approximate surface area is 70.2 Å². The lowest BCUT2D eigenvalue weighted by Crippen LogP contribution is -1.94. The van der Waals surface area contributed by atoms with Gasteiger partial charge in [0.05, 0.1) is 5.69 Å². The van der Waals surface area contributed by atoms with Gasteiger partial charge >= 0.3 is 0 Å². The first kappa shape index (κ1) is 8.40. The van der Waals surface area contributed by atoms with Crippen LogP contribution in [0.25, 0.3) is 0 Å². The second-order valence-electron chi connectivity index (χ2n) is 2.74. The molecule has 0 radical (unpaired) electrons. The number of aromatic nitrogens is 1. The molecular weight excluding hydrogens is 156 g/mol. The summed E-state index contributed by atoms with van der Waals surface area (Å²) in [6.45, 7) is 2.01. The quantitative estimate of drug-likeness (QED) is 0.628. The number of hydrogen-bond acceptors (Lipinski definition) is 2. The van der Waals surface area contributed by atoms with Crippen molar-refractivity contribution in [2.75, 3.05) is 18.2 Å². The highest BCUT2D eigenvalue weighted by Crippen LogP contribution is 2.30. The zero-order valence-corrected chi connectivity index (χ0v) is 8.02. The number of pyridine rings is 1. The molecule has 0 atom stereocenters. The van der Waals surface area contributed by atoms with Gasteiger partial charge in [0, 0.05) is 4.90 Å². The van der Waals surface area contributed by atoms with E-state index in [1.165, 1.54) is 4.90 Å². The van der Waals surface area contributed by atoms with Crippen LogP contribution >= 0.6 is 10.9 Å². The number of anilines is 1. The summed E-state index contributed by atoms with van der Waals surface area (Å²) in [5.41, 5.74) is 6.59. The van der Waals surface area contributed by atoms with Crippen LogP contribution < -0.4 is 5.73 Å². The summed E-state index contributed by atoms with van der Waals surface area (Å²) in [6, 6.07) is 3.94. The average Bonchev–Trinajstić information content (AvgIpc) is 1.85. The van der Waals surface area contributed by atoms with Gasteiger partial charge in [-0.2, -0.15) is 0 Å². The maximum absolute atomic E-state index is 5.52. The summed E-state index contributed by atoms with van der Waals surface area (Å²) in [5, 5.41) is 0. The normalized spacial score (nSPS) is 11.4. The Hall–Kier alpha value is -0.700. The Morgan fingerprint density at radius 1 is 1.36 bits per heavy atom. The van der Waals surface area contributed by atoms with Gasteiger partial charge in [0.25, 0.3) is 0 Å². The van der Waals surface area contributed by atoms with Gasteiger partial charge in [0.15, 0.2) is 0 Å². The van der Waals surface area contributed by atoms with Crippen LogP contribution in [0.5, 0.6) is 0 Å². The number of hydrogen-bond donors (Lipinski definition) is 2. The van der Waals surface area contributed by atoms with E-state index in [0.29, 0.717) is 5.82 Å². The van der Waals surface area contributed by atoms with Crippen molar-refractivity contribution < 1.29 is 0 Å². The molecule has 0 aliphatic carbocycles. The number of thiol groups is 1. The molecule has 0 aliphatic heterocycles. The van der Waals surface area contributed by atoms with E-state index in [0.717, 1.165) is 5.69 Å². The minimum absolute atomic E-state index is 0.0469. The van der Waals surface area contributed by atoms with E-state index in [-0.39, 0.29) is 10.9 Å². The van der Waals surface area contributed by atoms with E-state index in [1.807, 2.05) is 13.0 Å². The first-order chi connectivity index (χ1) is 5.11. The van der Waals surface area contributed by atoms with Crippen molar-refractivity contribution in [1.29, 1.82) is 0 Å². The van der Waals surface area contributed by atoms with Crippen molar-refractivity contribution in [1.82, 2.24) is 4.98 Å². The van der Waals surface area contributed by atoms with Gasteiger partial charge in [-0.3, -0.25) is 0 Å². The van der Waals surface area contributed by atoms with Crippen molar-refractivity contribution in [2.45, 2.75) is 11.8 Å². The van der Waals surface area contributed by atoms with Crippen LogP contribution in [-0.4, -0.2) is 17.5 Å². The van der Waals surface area contributed by atoms with E-state index in [9.17, 15) is 0 Å². The van der Waals surface area contributed by atoms with Crippen LogP contribution in [0.2, 0.25) is 0 Å². The summed E-state index contributed by atoms with van der Waals surface area (Å²) in [6.07, 6.45) is 4.44. The van der Waals surface area contributed by atoms with Crippen LogP contribution in [0.15, 0.2) is 17.0 Å². The summed E-state index contributed by atoms with van der Waals surface area (Å²) >= 11 is 0. The molecule has 0 saturated heterocycles. The minimum atomic E-state index is -0.0469. The fourth-order valence-corrected chi connectivity index (χ4v) is 2.12. The Kier molecular flexibility index (Phi) is 2.39. The second-order valence-corrected chi connectivity index (χ2v) is 5.01. The standard InChI is InChI=1S/C8H14N2S/c1-6-7(11(2)3)4-5-8(9)10-6/h4-5,11H,1-3H3,(H2,9,10). The lowest BCUT2D eigenvalue weighted by molar-refractivity contribution is 1.12. The molecule has 0 bridgehead atoms. The van der Waals surface area contributed by atoms with Crippen LogP contribution in [-0.2, 0) is 0 Å². The monoisotopic (exact) mass is 170 g/mol. The van der Waals surface area contributed by atoms with Gasteiger partial charge < -0.3 is 5.73 Å². The van der Waals surface area contributed by atoms with Crippen molar-refractivity contribution in [3.05, 3.63) is 17.8 Å². The van der Waals surface area contributed by atoms with Crippen molar-refractivity contribution in [2.24, 2.45) is 0 Å². The Bertz CT molecular complexity index is 258. The highest BCUT2D eigenvalue weighted by Gasteiger charge is 2.00. The largest absolute Gasteiger partial charge is 0.384 e. The molecule has 0 aromatic carbocycles. The van der Waals surface area contributed by atoms with Gasteiger partial charge in [-0.05, 0) is 31.6 Å². The first-order valence-corrected chi connectivity index (χ1v) is 5.75. The molecule has 3 heteroatoms. The van der Waals surface area contributed by atoms with Crippen molar-refractivity contribution in [3.63, 3.8) is 0 Å². The van der Waals surface area contributed by atoms with Gasteiger partial charge in [-0.25, -0.2) is 15.9 Å². The summed E-state index contributed by atoms with van der Waals surface area (Å²) in [7, 11) is -0.0469. The number of nitrogen functional groups attached to an aromatic ring is 1. The highest BCUT2D eigenvalue weighted by molar-refractivity contribution is 8.15. The fraction of sp³-hybridized carbons (Fsp3) is 0.375. The Morgan fingerprint density at radius 3 is 2.45 bits per heavy atom. The lowest BCUT2D eigenvalue weighted by Gasteiger charge is -2.11. The third kappa shape index (κ3) is 1.87. The van der Waals surface area contributed by atoms with Crippen LogP contribution in [0.1, 0.15) is 5.69 Å². The predicted molar refractivity (Wildman–Crippen MR) is 52.5 cm³/mol. The summed E-state index contributed by atoms with van der Waals surface area (Å²) in [5.74, 6) is 0.614. The zero-order chi connectivity index (χ0) is 8.43.